The first-order valence-corrected chi connectivity index (χ1v) is 8.14. The second-order valence-electron chi connectivity index (χ2n) is 6.14. The number of rotatable bonds is 6. The third kappa shape index (κ3) is 3.65. The maximum absolute atomic E-state index is 12.4. The number of ether oxygens (including phenoxy) is 1. The van der Waals surface area contributed by atoms with Gasteiger partial charge in [0.15, 0.2) is 6.61 Å². The van der Waals surface area contributed by atoms with E-state index in [1.54, 1.807) is 12.3 Å². The van der Waals surface area contributed by atoms with Crippen LogP contribution in [0.4, 0.5) is 0 Å². The minimum absolute atomic E-state index is 0.172. The van der Waals surface area contributed by atoms with Crippen LogP contribution in [0.15, 0.2) is 28.9 Å². The van der Waals surface area contributed by atoms with E-state index in [0.717, 1.165) is 17.1 Å². The molecule has 7 heteroatoms. The summed E-state index contributed by atoms with van der Waals surface area (Å²) in [6.07, 6.45) is 2.32. The number of carbonyl (C=O) groups is 3. The first kappa shape index (κ1) is 17.0. The summed E-state index contributed by atoms with van der Waals surface area (Å²) in [5.74, 6) is -0.209. The first-order chi connectivity index (χ1) is 12.0. The fourth-order valence-corrected chi connectivity index (χ4v) is 2.99. The van der Waals surface area contributed by atoms with Gasteiger partial charge in [-0.05, 0) is 38.5 Å². The average molecular weight is 344 g/mol. The number of aromatic nitrogens is 1. The molecule has 1 aliphatic heterocycles. The van der Waals surface area contributed by atoms with Gasteiger partial charge >= 0.3 is 5.97 Å². The van der Waals surface area contributed by atoms with Crippen molar-refractivity contribution >= 4 is 17.7 Å². The number of hydrogen-bond acceptors (Lipinski definition) is 5. The van der Waals surface area contributed by atoms with Gasteiger partial charge in [-0.3, -0.25) is 9.59 Å². The molecule has 0 saturated carbocycles. The van der Waals surface area contributed by atoms with Gasteiger partial charge in [-0.2, -0.15) is 0 Å². The maximum atomic E-state index is 12.4. The number of nitrogens with one attached hydrogen (secondary N) is 1. The van der Waals surface area contributed by atoms with E-state index in [9.17, 15) is 14.4 Å². The van der Waals surface area contributed by atoms with Crippen molar-refractivity contribution in [1.82, 2.24) is 9.88 Å². The SMILES string of the molecule is Cc1cc(C(=O)COC(=O)[C@@H]2CCC(=O)N2)c(C)n1Cc1ccco1. The molecule has 1 saturated heterocycles. The van der Waals surface area contributed by atoms with Crippen LogP contribution in [0.3, 0.4) is 0 Å². The summed E-state index contributed by atoms with van der Waals surface area (Å²) in [5.41, 5.74) is 2.24. The molecule has 1 amide bonds. The summed E-state index contributed by atoms with van der Waals surface area (Å²) < 4.78 is 12.4. The van der Waals surface area contributed by atoms with Crippen molar-refractivity contribution in [1.29, 1.82) is 0 Å². The Kier molecular flexibility index (Phi) is 4.74. The summed E-state index contributed by atoms with van der Waals surface area (Å²) in [6.45, 7) is 3.96. The number of Topliss-reactive ketones (excluding diaryl/α,β-unsaturated/α-hetero) is 1. The van der Waals surface area contributed by atoms with Crippen LogP contribution in [-0.4, -0.2) is 34.9 Å². The van der Waals surface area contributed by atoms with Crippen LogP contribution in [0.25, 0.3) is 0 Å². The molecule has 0 aromatic carbocycles. The van der Waals surface area contributed by atoms with Gasteiger partial charge in [0.2, 0.25) is 11.7 Å². The smallest absolute Gasteiger partial charge is 0.329 e. The van der Waals surface area contributed by atoms with Crippen LogP contribution in [0.1, 0.15) is 40.3 Å². The van der Waals surface area contributed by atoms with Crippen LogP contribution in [0.5, 0.6) is 0 Å². The van der Waals surface area contributed by atoms with Crippen molar-refractivity contribution in [2.24, 2.45) is 0 Å². The van der Waals surface area contributed by atoms with Gasteiger partial charge < -0.3 is 19.0 Å². The van der Waals surface area contributed by atoms with Crippen LogP contribution in [0, 0.1) is 13.8 Å². The molecule has 2 aromatic heterocycles. The number of ketones is 1. The minimum atomic E-state index is -0.647. The van der Waals surface area contributed by atoms with E-state index in [1.165, 1.54) is 0 Å². The minimum Gasteiger partial charge on any atom is -0.467 e. The molecular weight excluding hydrogens is 324 g/mol. The van der Waals surface area contributed by atoms with Crippen molar-refractivity contribution in [3.05, 3.63) is 47.2 Å². The predicted molar refractivity (Wildman–Crippen MR) is 88.2 cm³/mol. The zero-order valence-corrected chi connectivity index (χ0v) is 14.2. The molecule has 3 heterocycles. The topological polar surface area (TPSA) is 90.5 Å². The Labute approximate surface area is 144 Å². The van der Waals surface area contributed by atoms with Gasteiger partial charge in [-0.1, -0.05) is 0 Å². The molecule has 1 aliphatic rings. The van der Waals surface area contributed by atoms with Crippen molar-refractivity contribution in [3.63, 3.8) is 0 Å². The molecule has 1 N–H and O–H groups in total. The van der Waals surface area contributed by atoms with Gasteiger partial charge in [0.25, 0.3) is 0 Å². The van der Waals surface area contributed by atoms with E-state index in [4.69, 9.17) is 9.15 Å². The highest BCUT2D eigenvalue weighted by Crippen LogP contribution is 2.18. The standard InChI is InChI=1S/C18H20N2O5/c1-11-8-14(12(2)20(11)9-13-4-3-7-24-13)16(21)10-25-18(23)15-5-6-17(22)19-15/h3-4,7-8,15H,5-6,9-10H2,1-2H3,(H,19,22)/t15-/m0/s1. The maximum Gasteiger partial charge on any atom is 0.329 e. The van der Waals surface area contributed by atoms with E-state index in [1.807, 2.05) is 30.5 Å². The van der Waals surface area contributed by atoms with E-state index in [0.29, 0.717) is 24.9 Å². The molecule has 1 fully saturated rings. The number of carbonyl (C=O) groups excluding carboxylic acids is 3. The quantitative estimate of drug-likeness (QED) is 0.637. The summed E-state index contributed by atoms with van der Waals surface area (Å²) in [6, 6.07) is 4.83. The molecule has 7 nitrogen and oxygen atoms in total. The molecule has 3 rings (SSSR count). The largest absolute Gasteiger partial charge is 0.467 e. The Hall–Kier alpha value is -2.83. The lowest BCUT2D eigenvalue weighted by Crippen LogP contribution is -2.35. The number of esters is 1. The van der Waals surface area contributed by atoms with Gasteiger partial charge in [0, 0.05) is 23.4 Å². The highest BCUT2D eigenvalue weighted by atomic mass is 16.5. The normalized spacial score (nSPS) is 16.7. The molecule has 0 radical (unpaired) electrons. The average Bonchev–Trinajstić information content (AvgIpc) is 3.30. The van der Waals surface area contributed by atoms with Gasteiger partial charge in [0.05, 0.1) is 12.8 Å². The monoisotopic (exact) mass is 344 g/mol. The fourth-order valence-electron chi connectivity index (χ4n) is 2.99. The Bertz CT molecular complexity index is 804. The zero-order valence-electron chi connectivity index (χ0n) is 14.2. The molecule has 2 aromatic rings. The summed E-state index contributed by atoms with van der Waals surface area (Å²) in [5, 5.41) is 2.53. The number of amides is 1. The van der Waals surface area contributed by atoms with Crippen molar-refractivity contribution in [2.45, 2.75) is 39.3 Å². The number of nitrogens with zero attached hydrogens (tertiary/aromatic N) is 1. The van der Waals surface area contributed by atoms with Gasteiger partial charge in [-0.25, -0.2) is 4.79 Å². The molecule has 132 valence electrons. The lowest BCUT2D eigenvalue weighted by Gasteiger charge is -2.10. The molecule has 0 bridgehead atoms. The van der Waals surface area contributed by atoms with E-state index in [2.05, 4.69) is 5.32 Å². The molecular formula is C18H20N2O5. The van der Waals surface area contributed by atoms with E-state index in [-0.39, 0.29) is 18.3 Å². The second-order valence-corrected chi connectivity index (χ2v) is 6.14. The lowest BCUT2D eigenvalue weighted by atomic mass is 10.1. The Morgan fingerprint density at radius 3 is 2.84 bits per heavy atom. The first-order valence-electron chi connectivity index (χ1n) is 8.14. The molecule has 0 unspecified atom stereocenters. The van der Waals surface area contributed by atoms with E-state index < -0.39 is 12.0 Å². The second kappa shape index (κ2) is 6.96. The number of hydrogen-bond donors (Lipinski definition) is 1. The van der Waals surface area contributed by atoms with Crippen molar-refractivity contribution in [3.8, 4) is 0 Å². The lowest BCUT2D eigenvalue weighted by molar-refractivity contribution is -0.145. The summed E-state index contributed by atoms with van der Waals surface area (Å²) in [4.78, 5) is 35.4. The van der Waals surface area contributed by atoms with Gasteiger partial charge in [-0.15, -0.1) is 0 Å². The van der Waals surface area contributed by atoms with Gasteiger partial charge in [0.1, 0.15) is 11.8 Å². The molecule has 1 atom stereocenters. The van der Waals surface area contributed by atoms with Crippen molar-refractivity contribution < 1.29 is 23.5 Å². The third-order valence-corrected chi connectivity index (χ3v) is 4.39. The fraction of sp³-hybridized carbons (Fsp3) is 0.389. The van der Waals surface area contributed by atoms with Crippen molar-refractivity contribution in [2.75, 3.05) is 6.61 Å². The van der Waals surface area contributed by atoms with Crippen LogP contribution < -0.4 is 5.32 Å². The number of furan rings is 1. The Balaban J connectivity index is 1.64. The highest BCUT2D eigenvalue weighted by Gasteiger charge is 2.29. The Morgan fingerprint density at radius 2 is 2.20 bits per heavy atom. The highest BCUT2D eigenvalue weighted by molar-refractivity contribution is 5.99. The number of aryl methyl sites for hydroxylation is 1. The Morgan fingerprint density at radius 1 is 1.40 bits per heavy atom. The summed E-state index contributed by atoms with van der Waals surface area (Å²) in [7, 11) is 0. The molecule has 0 spiro atoms. The van der Waals surface area contributed by atoms with Crippen LogP contribution >= 0.6 is 0 Å². The predicted octanol–water partition coefficient (Wildman–Crippen LogP) is 1.75. The third-order valence-electron chi connectivity index (χ3n) is 4.39. The van der Waals surface area contributed by atoms with Crippen LogP contribution in [0.2, 0.25) is 0 Å². The van der Waals surface area contributed by atoms with E-state index >= 15 is 0 Å². The molecule has 0 aliphatic carbocycles. The summed E-state index contributed by atoms with van der Waals surface area (Å²) >= 11 is 0. The molecule has 25 heavy (non-hydrogen) atoms. The zero-order chi connectivity index (χ0) is 18.0. The van der Waals surface area contributed by atoms with Crippen LogP contribution in [-0.2, 0) is 20.9 Å².